The highest BCUT2D eigenvalue weighted by molar-refractivity contribution is 8.21. The van der Waals surface area contributed by atoms with Gasteiger partial charge in [0.05, 0.1) is 10.4 Å². The van der Waals surface area contributed by atoms with E-state index in [1.54, 1.807) is 0 Å². The topological polar surface area (TPSA) is 17.8 Å². The van der Waals surface area contributed by atoms with Crippen LogP contribution in [-0.4, -0.2) is 24.6 Å². The Labute approximate surface area is 162 Å². The first-order chi connectivity index (χ1) is 11.6. The van der Waals surface area contributed by atoms with Gasteiger partial charge in [-0.05, 0) is 43.4 Å². The molecule has 0 radical (unpaired) electrons. The third-order valence-corrected chi connectivity index (χ3v) is 8.84. The van der Waals surface area contributed by atoms with Crippen molar-refractivity contribution in [3.63, 3.8) is 0 Å². The predicted octanol–water partition coefficient (Wildman–Crippen LogP) is 6.17. The number of benzene rings is 1. The number of nitrogens with zero attached hydrogens (tertiary/aromatic N) is 2. The Hall–Kier alpha value is -0.290. The predicted molar refractivity (Wildman–Crippen MR) is 108 cm³/mol. The van der Waals surface area contributed by atoms with Crippen LogP contribution < -0.4 is 0 Å². The molecule has 0 amide bonds. The molecule has 0 bridgehead atoms. The molecule has 1 aromatic carbocycles. The summed E-state index contributed by atoms with van der Waals surface area (Å²) < 4.78 is 2.47. The fourth-order valence-electron chi connectivity index (χ4n) is 3.04. The van der Waals surface area contributed by atoms with Crippen LogP contribution in [0.25, 0.3) is 0 Å². The maximum absolute atomic E-state index is 6.31. The number of hydrogen-bond acceptors (Lipinski definition) is 3. The summed E-state index contributed by atoms with van der Waals surface area (Å²) in [5.74, 6) is 1.25. The summed E-state index contributed by atoms with van der Waals surface area (Å²) >= 11 is 16.6. The molecule has 6 heteroatoms. The van der Waals surface area contributed by atoms with Crippen molar-refractivity contribution in [2.75, 3.05) is 5.75 Å². The zero-order valence-corrected chi connectivity index (χ0v) is 16.9. The third kappa shape index (κ3) is 4.66. The van der Waals surface area contributed by atoms with Crippen molar-refractivity contribution in [1.82, 2.24) is 9.55 Å². The SMILES string of the molecule is CCC1CSC(CCCc2ccc(Cl)cc2Cl)(Cn2ccnc2)S1. The molecule has 3 rings (SSSR count). The van der Waals surface area contributed by atoms with E-state index >= 15 is 0 Å². The van der Waals surface area contributed by atoms with E-state index in [1.807, 2.05) is 24.7 Å². The molecule has 130 valence electrons. The minimum absolute atomic E-state index is 0.250. The van der Waals surface area contributed by atoms with Crippen LogP contribution >= 0.6 is 46.7 Å². The van der Waals surface area contributed by atoms with Gasteiger partial charge in [-0.3, -0.25) is 0 Å². The molecule has 1 saturated heterocycles. The lowest BCUT2D eigenvalue weighted by atomic mass is 10.1. The molecule has 2 unspecified atom stereocenters. The van der Waals surface area contributed by atoms with Crippen molar-refractivity contribution >= 4 is 46.7 Å². The van der Waals surface area contributed by atoms with Gasteiger partial charge in [-0.1, -0.05) is 36.2 Å². The normalized spacial score (nSPS) is 23.7. The largest absolute Gasteiger partial charge is 0.335 e. The second-order valence-electron chi connectivity index (χ2n) is 6.19. The summed E-state index contributed by atoms with van der Waals surface area (Å²) in [7, 11) is 0. The molecule has 1 aliphatic rings. The lowest BCUT2D eigenvalue weighted by molar-refractivity contribution is 0.571. The van der Waals surface area contributed by atoms with Gasteiger partial charge in [-0.15, -0.1) is 23.5 Å². The summed E-state index contributed by atoms with van der Waals surface area (Å²) in [6.07, 6.45) is 10.4. The lowest BCUT2D eigenvalue weighted by Crippen LogP contribution is -2.25. The maximum Gasteiger partial charge on any atom is 0.0946 e. The van der Waals surface area contributed by atoms with Crippen molar-refractivity contribution in [2.24, 2.45) is 0 Å². The first-order valence-corrected chi connectivity index (χ1v) is 10.9. The molecule has 0 saturated carbocycles. The number of thioether (sulfide) groups is 2. The average molecular weight is 401 g/mol. The van der Waals surface area contributed by atoms with Crippen molar-refractivity contribution in [3.05, 3.63) is 52.5 Å². The quantitative estimate of drug-likeness (QED) is 0.553. The van der Waals surface area contributed by atoms with Gasteiger partial charge in [-0.25, -0.2) is 4.98 Å². The number of imidazole rings is 1. The number of aromatic nitrogens is 2. The van der Waals surface area contributed by atoms with Crippen molar-refractivity contribution in [3.8, 4) is 0 Å². The maximum atomic E-state index is 6.31. The Morgan fingerprint density at radius 2 is 2.25 bits per heavy atom. The molecular formula is C18H22Cl2N2S2. The molecule has 2 heterocycles. The molecule has 0 N–H and O–H groups in total. The first kappa shape index (κ1) is 18.5. The summed E-state index contributed by atoms with van der Waals surface area (Å²) in [4.78, 5) is 4.20. The van der Waals surface area contributed by atoms with Crippen LogP contribution in [0.3, 0.4) is 0 Å². The van der Waals surface area contributed by atoms with Gasteiger partial charge in [-0.2, -0.15) is 0 Å². The van der Waals surface area contributed by atoms with Crippen LogP contribution in [0.15, 0.2) is 36.9 Å². The van der Waals surface area contributed by atoms with Crippen LogP contribution in [0.2, 0.25) is 10.0 Å². The smallest absolute Gasteiger partial charge is 0.0946 e. The van der Waals surface area contributed by atoms with E-state index < -0.39 is 0 Å². The Balaban J connectivity index is 1.64. The highest BCUT2D eigenvalue weighted by atomic mass is 35.5. The van der Waals surface area contributed by atoms with Gasteiger partial charge in [0.1, 0.15) is 0 Å². The second-order valence-corrected chi connectivity index (χ2v) is 10.4. The van der Waals surface area contributed by atoms with Crippen molar-refractivity contribution < 1.29 is 0 Å². The number of halogens is 2. The molecule has 1 aromatic heterocycles. The van der Waals surface area contributed by atoms with Crippen molar-refractivity contribution in [2.45, 2.75) is 48.5 Å². The zero-order chi connectivity index (χ0) is 17.0. The van der Waals surface area contributed by atoms with Gasteiger partial charge >= 0.3 is 0 Å². The van der Waals surface area contributed by atoms with Crippen LogP contribution in [0, 0.1) is 0 Å². The van der Waals surface area contributed by atoms with E-state index in [-0.39, 0.29) is 4.08 Å². The van der Waals surface area contributed by atoms with E-state index in [1.165, 1.54) is 24.2 Å². The lowest BCUT2D eigenvalue weighted by Gasteiger charge is -2.28. The van der Waals surface area contributed by atoms with Crippen LogP contribution in [0.5, 0.6) is 0 Å². The number of aryl methyl sites for hydroxylation is 1. The summed E-state index contributed by atoms with van der Waals surface area (Å²) in [5, 5.41) is 2.25. The van der Waals surface area contributed by atoms with E-state index in [2.05, 4.69) is 52.3 Å². The summed E-state index contributed by atoms with van der Waals surface area (Å²) in [6, 6.07) is 5.82. The Morgan fingerprint density at radius 1 is 1.38 bits per heavy atom. The minimum atomic E-state index is 0.250. The molecule has 2 atom stereocenters. The molecular weight excluding hydrogens is 379 g/mol. The van der Waals surface area contributed by atoms with Gasteiger partial charge in [0.2, 0.25) is 0 Å². The van der Waals surface area contributed by atoms with E-state index in [0.29, 0.717) is 5.02 Å². The highest BCUT2D eigenvalue weighted by Gasteiger charge is 2.39. The van der Waals surface area contributed by atoms with Crippen molar-refractivity contribution in [1.29, 1.82) is 0 Å². The molecule has 24 heavy (non-hydrogen) atoms. The zero-order valence-electron chi connectivity index (χ0n) is 13.8. The molecule has 1 aliphatic heterocycles. The van der Waals surface area contributed by atoms with E-state index in [9.17, 15) is 0 Å². The molecule has 0 aliphatic carbocycles. The summed E-state index contributed by atoms with van der Waals surface area (Å²) in [6.45, 7) is 3.31. The molecule has 0 spiro atoms. The fourth-order valence-corrected chi connectivity index (χ4v) is 7.42. The van der Waals surface area contributed by atoms with E-state index in [4.69, 9.17) is 23.2 Å². The third-order valence-electron chi connectivity index (χ3n) is 4.37. The Morgan fingerprint density at radius 3 is 2.92 bits per heavy atom. The van der Waals surface area contributed by atoms with Crippen LogP contribution in [-0.2, 0) is 13.0 Å². The minimum Gasteiger partial charge on any atom is -0.335 e. The Bertz CT molecular complexity index is 663. The summed E-state index contributed by atoms with van der Waals surface area (Å²) in [5.41, 5.74) is 1.19. The monoisotopic (exact) mass is 400 g/mol. The van der Waals surface area contributed by atoms with Gasteiger partial charge in [0, 0.05) is 40.0 Å². The van der Waals surface area contributed by atoms with Gasteiger partial charge < -0.3 is 4.57 Å². The molecule has 2 aromatic rings. The fraction of sp³-hybridized carbons (Fsp3) is 0.500. The van der Waals surface area contributed by atoms with Gasteiger partial charge in [0.15, 0.2) is 0 Å². The number of rotatable bonds is 7. The second kappa shape index (κ2) is 8.39. The number of hydrogen-bond donors (Lipinski definition) is 0. The van der Waals surface area contributed by atoms with Crippen LogP contribution in [0.4, 0.5) is 0 Å². The molecule has 1 fully saturated rings. The average Bonchev–Trinajstić information content (AvgIpc) is 3.20. The first-order valence-electron chi connectivity index (χ1n) is 8.32. The van der Waals surface area contributed by atoms with Crippen LogP contribution in [0.1, 0.15) is 31.7 Å². The highest BCUT2D eigenvalue weighted by Crippen LogP contribution is 2.52. The molecule has 2 nitrogen and oxygen atoms in total. The van der Waals surface area contributed by atoms with E-state index in [0.717, 1.165) is 29.7 Å². The standard InChI is InChI=1S/C18H22Cl2N2S2/c1-2-16-11-23-18(24-16,12-22-9-8-21-13-22)7-3-4-14-5-6-15(19)10-17(14)20/h5-6,8-10,13,16H,2-4,7,11-12H2,1H3. The Kier molecular flexibility index (Phi) is 6.47. The van der Waals surface area contributed by atoms with Gasteiger partial charge in [0.25, 0.3) is 0 Å².